The molecule has 0 atom stereocenters. The van der Waals surface area contributed by atoms with Crippen molar-refractivity contribution in [3.63, 3.8) is 0 Å². The van der Waals surface area contributed by atoms with Gasteiger partial charge in [-0.1, -0.05) is 0 Å². The number of nitrogens with two attached hydrogens (primary N) is 1. The molecule has 1 aromatic heterocycles. The monoisotopic (exact) mass is 282 g/mol. The van der Waals surface area contributed by atoms with Crippen molar-refractivity contribution in [2.45, 2.75) is 38.5 Å². The molecule has 0 bridgehead atoms. The largest absolute Gasteiger partial charge is 0.397 e. The number of rotatable bonds is 1. The molecule has 1 aromatic carbocycles. The molecule has 21 heavy (non-hydrogen) atoms. The molecule has 0 saturated carbocycles. The lowest BCUT2D eigenvalue weighted by Crippen LogP contribution is -2.20. The maximum Gasteiger partial charge on any atom is 0.224 e. The molecule has 1 aliphatic carbocycles. The summed E-state index contributed by atoms with van der Waals surface area (Å²) in [7, 11) is 0. The maximum absolute atomic E-state index is 11.5. The lowest BCUT2D eigenvalue weighted by atomic mass is 9.99. The predicted octanol–water partition coefficient (Wildman–Crippen LogP) is 2.22. The summed E-state index contributed by atoms with van der Waals surface area (Å²) in [5.74, 6) is 0.0645. The van der Waals surface area contributed by atoms with Gasteiger partial charge in [0.15, 0.2) is 0 Å². The van der Waals surface area contributed by atoms with Gasteiger partial charge in [0, 0.05) is 17.8 Å². The number of hydrogen-bond acceptors (Lipinski definition) is 3. The van der Waals surface area contributed by atoms with Crippen LogP contribution in [0.3, 0.4) is 0 Å². The number of carbonyl (C=O) groups excluding carboxylic acids is 1. The smallest absolute Gasteiger partial charge is 0.224 e. The van der Waals surface area contributed by atoms with Crippen molar-refractivity contribution in [1.29, 1.82) is 0 Å². The second-order valence-corrected chi connectivity index (χ2v) is 5.83. The van der Waals surface area contributed by atoms with E-state index in [9.17, 15) is 4.79 Å². The summed E-state index contributed by atoms with van der Waals surface area (Å²) in [6.07, 6.45) is 7.74. The normalized spacial score (nSPS) is 17.0. The van der Waals surface area contributed by atoms with E-state index in [1.54, 1.807) is 0 Å². The Balaban J connectivity index is 1.82. The van der Waals surface area contributed by atoms with Gasteiger partial charge >= 0.3 is 0 Å². The van der Waals surface area contributed by atoms with Crippen molar-refractivity contribution in [3.05, 3.63) is 35.4 Å². The van der Waals surface area contributed by atoms with Crippen LogP contribution in [-0.4, -0.2) is 15.5 Å². The van der Waals surface area contributed by atoms with Crippen LogP contribution in [0, 0.1) is 0 Å². The van der Waals surface area contributed by atoms with Crippen LogP contribution < -0.4 is 11.1 Å². The molecule has 0 saturated heterocycles. The molecule has 108 valence electrons. The Morgan fingerprint density at radius 2 is 2.00 bits per heavy atom. The molecule has 1 aliphatic heterocycles. The molecule has 0 unspecified atom stereocenters. The summed E-state index contributed by atoms with van der Waals surface area (Å²) >= 11 is 0. The molecule has 0 radical (unpaired) electrons. The van der Waals surface area contributed by atoms with E-state index in [1.807, 2.05) is 12.4 Å². The molecule has 3 N–H and O–H groups in total. The van der Waals surface area contributed by atoms with Crippen LogP contribution in [-0.2, 0) is 24.1 Å². The summed E-state index contributed by atoms with van der Waals surface area (Å²) in [6, 6.07) is 3.97. The third kappa shape index (κ3) is 2.00. The number of fused-ring (bicyclic) bond motifs is 2. The Bertz CT molecular complexity index is 732. The minimum absolute atomic E-state index is 0.0645. The Labute approximate surface area is 123 Å². The third-order valence-electron chi connectivity index (χ3n) is 4.44. The lowest BCUT2D eigenvalue weighted by Gasteiger charge is -2.21. The second kappa shape index (κ2) is 4.62. The van der Waals surface area contributed by atoms with E-state index in [2.05, 4.69) is 20.9 Å². The first-order valence-electron chi connectivity index (χ1n) is 7.50. The van der Waals surface area contributed by atoms with Crippen molar-refractivity contribution in [2.24, 2.45) is 0 Å². The number of benzene rings is 1. The Hall–Kier alpha value is -2.30. The van der Waals surface area contributed by atoms with Crippen molar-refractivity contribution in [1.82, 2.24) is 9.55 Å². The maximum atomic E-state index is 11.5. The second-order valence-electron chi connectivity index (χ2n) is 5.83. The quantitative estimate of drug-likeness (QED) is 0.788. The summed E-state index contributed by atoms with van der Waals surface area (Å²) < 4.78 is 2.13. The number of imidazole rings is 1. The topological polar surface area (TPSA) is 72.9 Å². The Morgan fingerprint density at radius 1 is 1.14 bits per heavy atom. The van der Waals surface area contributed by atoms with Gasteiger partial charge < -0.3 is 15.6 Å². The number of aryl methyl sites for hydroxylation is 2. The Morgan fingerprint density at radius 3 is 2.90 bits per heavy atom. The number of nitrogens with zero attached hydrogens (tertiary/aromatic N) is 2. The number of hydrogen-bond donors (Lipinski definition) is 2. The average molecular weight is 282 g/mol. The van der Waals surface area contributed by atoms with Crippen LogP contribution in [0.2, 0.25) is 0 Å². The molecule has 2 aliphatic rings. The van der Waals surface area contributed by atoms with Crippen molar-refractivity contribution in [2.75, 3.05) is 11.1 Å². The highest BCUT2D eigenvalue weighted by atomic mass is 16.1. The first kappa shape index (κ1) is 12.4. The zero-order valence-electron chi connectivity index (χ0n) is 11.9. The predicted molar refractivity (Wildman–Crippen MR) is 81.6 cm³/mol. The molecule has 2 heterocycles. The zero-order valence-corrected chi connectivity index (χ0v) is 11.9. The van der Waals surface area contributed by atoms with Gasteiger partial charge in [-0.2, -0.15) is 0 Å². The summed E-state index contributed by atoms with van der Waals surface area (Å²) in [6.45, 7) is 0. The van der Waals surface area contributed by atoms with E-state index >= 15 is 0 Å². The molecule has 5 nitrogen and oxygen atoms in total. The highest BCUT2D eigenvalue weighted by Gasteiger charge is 2.20. The van der Waals surface area contributed by atoms with Crippen molar-refractivity contribution in [3.8, 4) is 5.69 Å². The van der Waals surface area contributed by atoms with E-state index in [-0.39, 0.29) is 5.91 Å². The average Bonchev–Trinajstić information content (AvgIpc) is 2.90. The third-order valence-corrected chi connectivity index (χ3v) is 4.44. The van der Waals surface area contributed by atoms with Gasteiger partial charge in [0.05, 0.1) is 23.4 Å². The van der Waals surface area contributed by atoms with Gasteiger partial charge in [0.2, 0.25) is 5.91 Å². The number of carbonyl (C=O) groups is 1. The van der Waals surface area contributed by atoms with Crippen LogP contribution in [0.1, 0.15) is 36.2 Å². The van der Waals surface area contributed by atoms with E-state index in [1.165, 1.54) is 24.2 Å². The van der Waals surface area contributed by atoms with Crippen molar-refractivity contribution >= 4 is 17.3 Å². The molecule has 5 heteroatoms. The van der Waals surface area contributed by atoms with Crippen LogP contribution in [0.4, 0.5) is 11.4 Å². The van der Waals surface area contributed by atoms with E-state index in [4.69, 9.17) is 5.73 Å². The fourth-order valence-electron chi connectivity index (χ4n) is 3.32. The first-order chi connectivity index (χ1) is 10.2. The van der Waals surface area contributed by atoms with Gasteiger partial charge in [-0.3, -0.25) is 4.79 Å². The molecular weight excluding hydrogens is 264 g/mol. The summed E-state index contributed by atoms with van der Waals surface area (Å²) in [5, 5.41) is 2.89. The minimum atomic E-state index is 0.0645. The highest BCUT2D eigenvalue weighted by molar-refractivity contribution is 5.95. The minimum Gasteiger partial charge on any atom is -0.397 e. The molecule has 0 spiro atoms. The fourth-order valence-corrected chi connectivity index (χ4v) is 3.32. The first-order valence-corrected chi connectivity index (χ1v) is 7.50. The number of aromatic nitrogens is 2. The molecular formula is C16H18N4O. The summed E-state index contributed by atoms with van der Waals surface area (Å²) in [5.41, 5.74) is 12.4. The van der Waals surface area contributed by atoms with Crippen LogP contribution >= 0.6 is 0 Å². The van der Waals surface area contributed by atoms with Gasteiger partial charge in [-0.15, -0.1) is 0 Å². The van der Waals surface area contributed by atoms with Gasteiger partial charge in [-0.25, -0.2) is 4.98 Å². The zero-order chi connectivity index (χ0) is 14.4. The summed E-state index contributed by atoms with van der Waals surface area (Å²) in [4.78, 5) is 16.0. The van der Waals surface area contributed by atoms with Crippen LogP contribution in [0.15, 0.2) is 18.5 Å². The molecule has 2 aromatic rings. The standard InChI is InChI=1S/C16H18N4O/c17-11-8-13-10(5-6-16(21)19-13)7-15(11)20-9-18-12-3-1-2-4-14(12)20/h7-9H,1-6,17H2,(H,19,21). The Kier molecular flexibility index (Phi) is 2.74. The SMILES string of the molecule is Nc1cc2c(cc1-n1cnc3c1CCCC3)CCC(=O)N2. The molecule has 0 fully saturated rings. The van der Waals surface area contributed by atoms with Crippen LogP contribution in [0.5, 0.6) is 0 Å². The molecule has 1 amide bonds. The number of anilines is 2. The van der Waals surface area contributed by atoms with Gasteiger partial charge in [-0.05, 0) is 49.8 Å². The van der Waals surface area contributed by atoms with Gasteiger partial charge in [0.1, 0.15) is 0 Å². The lowest BCUT2D eigenvalue weighted by molar-refractivity contribution is -0.116. The fraction of sp³-hybridized carbons (Fsp3) is 0.375. The number of nitrogens with one attached hydrogen (secondary N) is 1. The van der Waals surface area contributed by atoms with E-state index < -0.39 is 0 Å². The number of nitrogen functional groups attached to an aromatic ring is 1. The highest BCUT2D eigenvalue weighted by Crippen LogP contribution is 2.32. The van der Waals surface area contributed by atoms with Gasteiger partial charge in [0.25, 0.3) is 0 Å². The molecule has 4 rings (SSSR count). The van der Waals surface area contributed by atoms with Crippen LogP contribution in [0.25, 0.3) is 5.69 Å². The van der Waals surface area contributed by atoms with E-state index in [0.29, 0.717) is 12.1 Å². The number of amides is 1. The van der Waals surface area contributed by atoms with Crippen molar-refractivity contribution < 1.29 is 4.79 Å². The van der Waals surface area contributed by atoms with E-state index in [0.717, 1.165) is 36.2 Å².